The zero-order chi connectivity index (χ0) is 15.4. The number of nitro groups is 1. The first-order chi connectivity index (χ1) is 9.99. The standard InChI is InChI=1S/C15H16N2O4/c1-10(18)8-13(12-6-4-3-5-7-12)9-14-15(17(19)20)11(2)16-21-14/h3-7,13H,8-9H2,1-2H3. The van der Waals surface area contributed by atoms with Gasteiger partial charge in [0.05, 0.1) is 4.92 Å². The molecular weight excluding hydrogens is 272 g/mol. The van der Waals surface area contributed by atoms with Crippen LogP contribution in [0.25, 0.3) is 0 Å². The monoisotopic (exact) mass is 288 g/mol. The van der Waals surface area contributed by atoms with E-state index in [4.69, 9.17) is 4.52 Å². The lowest BCUT2D eigenvalue weighted by Crippen LogP contribution is -2.08. The van der Waals surface area contributed by atoms with Crippen molar-refractivity contribution in [3.05, 3.63) is 57.5 Å². The van der Waals surface area contributed by atoms with Crippen LogP contribution in [0.4, 0.5) is 5.69 Å². The van der Waals surface area contributed by atoms with E-state index in [1.54, 1.807) is 0 Å². The molecule has 2 aromatic rings. The third-order valence-electron chi connectivity index (χ3n) is 3.32. The molecule has 21 heavy (non-hydrogen) atoms. The molecule has 1 aromatic heterocycles. The van der Waals surface area contributed by atoms with Crippen LogP contribution in [-0.4, -0.2) is 15.9 Å². The summed E-state index contributed by atoms with van der Waals surface area (Å²) in [4.78, 5) is 22.1. The molecule has 1 aromatic carbocycles. The van der Waals surface area contributed by atoms with E-state index in [0.29, 0.717) is 6.42 Å². The maximum atomic E-state index is 11.5. The van der Waals surface area contributed by atoms with Crippen molar-refractivity contribution in [1.82, 2.24) is 5.16 Å². The molecular formula is C15H16N2O4. The Morgan fingerprint density at radius 3 is 2.62 bits per heavy atom. The number of nitrogens with zero attached hydrogens (tertiary/aromatic N) is 2. The zero-order valence-electron chi connectivity index (χ0n) is 11.9. The number of aryl methyl sites for hydroxylation is 1. The number of hydrogen-bond acceptors (Lipinski definition) is 5. The van der Waals surface area contributed by atoms with Gasteiger partial charge in [-0.3, -0.25) is 10.1 Å². The second-order valence-corrected chi connectivity index (χ2v) is 5.01. The lowest BCUT2D eigenvalue weighted by atomic mass is 9.90. The van der Waals surface area contributed by atoms with Gasteiger partial charge in [-0.2, -0.15) is 0 Å². The van der Waals surface area contributed by atoms with Gasteiger partial charge in [0.15, 0.2) is 5.69 Å². The number of Topliss-reactive ketones (excluding diaryl/α,β-unsaturated/α-hetero) is 1. The van der Waals surface area contributed by atoms with Gasteiger partial charge in [-0.1, -0.05) is 35.5 Å². The lowest BCUT2D eigenvalue weighted by molar-refractivity contribution is -0.386. The van der Waals surface area contributed by atoms with Gasteiger partial charge in [0, 0.05) is 12.8 Å². The first kappa shape index (κ1) is 14.9. The molecule has 0 saturated carbocycles. The Morgan fingerprint density at radius 2 is 2.05 bits per heavy atom. The summed E-state index contributed by atoms with van der Waals surface area (Å²) in [7, 11) is 0. The molecule has 110 valence electrons. The summed E-state index contributed by atoms with van der Waals surface area (Å²) < 4.78 is 5.09. The van der Waals surface area contributed by atoms with Crippen molar-refractivity contribution in [2.45, 2.75) is 32.6 Å². The Hall–Kier alpha value is -2.50. The molecule has 0 aliphatic heterocycles. The molecule has 6 heteroatoms. The molecule has 1 atom stereocenters. The van der Waals surface area contributed by atoms with E-state index in [1.807, 2.05) is 30.3 Å². The quantitative estimate of drug-likeness (QED) is 0.601. The van der Waals surface area contributed by atoms with Gasteiger partial charge < -0.3 is 9.32 Å². The Balaban J connectivity index is 2.32. The number of hydrogen-bond donors (Lipinski definition) is 0. The van der Waals surface area contributed by atoms with Gasteiger partial charge in [-0.05, 0) is 25.3 Å². The van der Waals surface area contributed by atoms with E-state index in [9.17, 15) is 14.9 Å². The molecule has 6 nitrogen and oxygen atoms in total. The van der Waals surface area contributed by atoms with Crippen LogP contribution in [0, 0.1) is 17.0 Å². The average molecular weight is 288 g/mol. The fourth-order valence-electron chi connectivity index (χ4n) is 2.38. The molecule has 0 aliphatic carbocycles. The molecule has 0 saturated heterocycles. The molecule has 0 N–H and O–H groups in total. The summed E-state index contributed by atoms with van der Waals surface area (Å²) in [5, 5.41) is 14.7. The molecule has 1 heterocycles. The first-order valence-electron chi connectivity index (χ1n) is 6.63. The van der Waals surface area contributed by atoms with Gasteiger partial charge in [0.1, 0.15) is 5.78 Å². The van der Waals surface area contributed by atoms with Crippen LogP contribution in [-0.2, 0) is 11.2 Å². The molecule has 2 rings (SSSR count). The maximum absolute atomic E-state index is 11.5. The minimum absolute atomic E-state index is 0.0303. The smallest absolute Gasteiger partial charge is 0.334 e. The van der Waals surface area contributed by atoms with Gasteiger partial charge in [0.2, 0.25) is 5.76 Å². The van der Waals surface area contributed by atoms with Crippen molar-refractivity contribution in [2.75, 3.05) is 0 Å². The fraction of sp³-hybridized carbons (Fsp3) is 0.333. The van der Waals surface area contributed by atoms with Crippen molar-refractivity contribution in [3.63, 3.8) is 0 Å². The fourth-order valence-corrected chi connectivity index (χ4v) is 2.38. The van der Waals surface area contributed by atoms with E-state index in [0.717, 1.165) is 5.56 Å². The largest absolute Gasteiger partial charge is 0.354 e. The third kappa shape index (κ3) is 3.53. The average Bonchev–Trinajstić information content (AvgIpc) is 2.79. The van der Waals surface area contributed by atoms with Crippen LogP contribution in [0.1, 0.15) is 36.3 Å². The van der Waals surface area contributed by atoms with Crippen LogP contribution in [0.2, 0.25) is 0 Å². The van der Waals surface area contributed by atoms with Crippen LogP contribution in [0.3, 0.4) is 0 Å². The zero-order valence-corrected chi connectivity index (χ0v) is 11.9. The normalized spacial score (nSPS) is 12.1. The van der Waals surface area contributed by atoms with Crippen molar-refractivity contribution in [1.29, 1.82) is 0 Å². The van der Waals surface area contributed by atoms with Crippen molar-refractivity contribution in [2.24, 2.45) is 0 Å². The minimum Gasteiger partial charge on any atom is -0.354 e. The minimum atomic E-state index is -0.489. The summed E-state index contributed by atoms with van der Waals surface area (Å²) in [6.07, 6.45) is 0.585. The van der Waals surface area contributed by atoms with Gasteiger partial charge >= 0.3 is 5.69 Å². The molecule has 1 unspecified atom stereocenters. The summed E-state index contributed by atoms with van der Waals surface area (Å²) in [5.41, 5.74) is 1.11. The number of benzene rings is 1. The van der Waals surface area contributed by atoms with Crippen LogP contribution in [0.15, 0.2) is 34.9 Å². The van der Waals surface area contributed by atoms with Crippen LogP contribution in [0.5, 0.6) is 0 Å². The van der Waals surface area contributed by atoms with E-state index in [2.05, 4.69) is 5.16 Å². The number of rotatable bonds is 6. The van der Waals surface area contributed by atoms with Crippen molar-refractivity contribution in [3.8, 4) is 0 Å². The molecule has 0 radical (unpaired) electrons. The molecule has 0 bridgehead atoms. The predicted molar refractivity (Wildman–Crippen MR) is 76.1 cm³/mol. The van der Waals surface area contributed by atoms with Crippen molar-refractivity contribution >= 4 is 11.5 Å². The highest BCUT2D eigenvalue weighted by Crippen LogP contribution is 2.30. The molecule has 0 spiro atoms. The molecule has 0 aliphatic rings. The highest BCUT2D eigenvalue weighted by atomic mass is 16.6. The Morgan fingerprint density at radius 1 is 1.38 bits per heavy atom. The Labute approximate surface area is 121 Å². The number of carbonyl (C=O) groups excluding carboxylic acids is 1. The Kier molecular flexibility index (Phi) is 4.47. The van der Waals surface area contributed by atoms with Crippen molar-refractivity contribution < 1.29 is 14.2 Å². The summed E-state index contributed by atoms with van der Waals surface area (Å²) in [6.45, 7) is 3.05. The first-order valence-corrected chi connectivity index (χ1v) is 6.63. The summed E-state index contributed by atoms with van der Waals surface area (Å²) in [5.74, 6) is 0.0881. The predicted octanol–water partition coefficient (Wildman–Crippen LogP) is 3.20. The SMILES string of the molecule is CC(=O)CC(Cc1onc(C)c1[N+](=O)[O-])c1ccccc1. The Bertz CT molecular complexity index is 649. The van der Waals surface area contributed by atoms with E-state index in [1.165, 1.54) is 13.8 Å². The van der Waals surface area contributed by atoms with Crippen LogP contribution >= 0.6 is 0 Å². The number of aromatic nitrogens is 1. The highest BCUT2D eigenvalue weighted by molar-refractivity contribution is 5.76. The third-order valence-corrected chi connectivity index (χ3v) is 3.32. The maximum Gasteiger partial charge on any atom is 0.334 e. The molecule has 0 amide bonds. The number of ketones is 1. The summed E-state index contributed by atoms with van der Waals surface area (Å²) in [6, 6.07) is 9.45. The van der Waals surface area contributed by atoms with E-state index >= 15 is 0 Å². The van der Waals surface area contributed by atoms with Gasteiger partial charge in [-0.15, -0.1) is 0 Å². The second kappa shape index (κ2) is 6.30. The van der Waals surface area contributed by atoms with E-state index < -0.39 is 4.92 Å². The number of carbonyl (C=O) groups is 1. The summed E-state index contributed by atoms with van der Waals surface area (Å²) >= 11 is 0. The van der Waals surface area contributed by atoms with Gasteiger partial charge in [-0.25, -0.2) is 0 Å². The highest BCUT2D eigenvalue weighted by Gasteiger charge is 2.27. The second-order valence-electron chi connectivity index (χ2n) is 5.01. The lowest BCUT2D eigenvalue weighted by Gasteiger charge is -2.14. The molecule has 0 fully saturated rings. The topological polar surface area (TPSA) is 86.2 Å². The van der Waals surface area contributed by atoms with Crippen LogP contribution < -0.4 is 0 Å². The van der Waals surface area contributed by atoms with Gasteiger partial charge in [0.25, 0.3) is 0 Å². The van der Waals surface area contributed by atoms with E-state index in [-0.39, 0.29) is 35.3 Å².